The van der Waals surface area contributed by atoms with Crippen molar-refractivity contribution >= 4 is 29.3 Å². The number of anilines is 2. The van der Waals surface area contributed by atoms with E-state index in [0.29, 0.717) is 11.8 Å². The fourth-order valence-electron chi connectivity index (χ4n) is 3.80. The average Bonchev–Trinajstić information content (AvgIpc) is 2.66. The van der Waals surface area contributed by atoms with E-state index in [1.165, 1.54) is 11.8 Å². The molecule has 0 spiro atoms. The van der Waals surface area contributed by atoms with Crippen molar-refractivity contribution in [3.8, 4) is 5.75 Å². The van der Waals surface area contributed by atoms with Crippen LogP contribution in [0.5, 0.6) is 5.75 Å². The molecule has 2 aliphatic heterocycles. The molecule has 9 heteroatoms. The molecule has 5 nitrogen and oxygen atoms in total. The molecule has 1 aromatic heterocycles. The van der Waals surface area contributed by atoms with E-state index in [4.69, 9.17) is 11.6 Å². The van der Waals surface area contributed by atoms with E-state index in [1.807, 2.05) is 6.07 Å². The van der Waals surface area contributed by atoms with Gasteiger partial charge in [0.2, 0.25) is 0 Å². The Morgan fingerprint density at radius 2 is 1.96 bits per heavy atom. The number of phenolic OH excluding ortho intramolecular Hbond substituents is 1. The number of halogens is 4. The summed E-state index contributed by atoms with van der Waals surface area (Å²) in [6.45, 7) is 2.01. The summed E-state index contributed by atoms with van der Waals surface area (Å²) in [6.07, 6.45) is 1.43. The lowest BCUT2D eigenvalue weighted by molar-refractivity contribution is -0.137. The Hall–Kier alpha value is -2.48. The topological polar surface area (TPSA) is 60.8 Å². The highest BCUT2D eigenvalue weighted by molar-refractivity contribution is 6.33. The number of aromatic hydroxyl groups is 1. The fraction of sp³-hybridized carbons (Fsp3) is 0.368. The second-order valence-electron chi connectivity index (χ2n) is 6.92. The second-order valence-corrected chi connectivity index (χ2v) is 7.32. The van der Waals surface area contributed by atoms with E-state index >= 15 is 0 Å². The van der Waals surface area contributed by atoms with E-state index in [1.54, 1.807) is 0 Å². The summed E-state index contributed by atoms with van der Waals surface area (Å²) >= 11 is 5.86. The average molecular weight is 411 g/mol. The van der Waals surface area contributed by atoms with Crippen molar-refractivity contribution in [1.82, 2.24) is 4.98 Å². The number of nitrogens with zero attached hydrogens (tertiary/aromatic N) is 3. The molecule has 0 atom stereocenters. The molecular weight excluding hydrogens is 393 g/mol. The van der Waals surface area contributed by atoms with Gasteiger partial charge in [-0.1, -0.05) is 11.6 Å². The van der Waals surface area contributed by atoms with Crippen LogP contribution in [0.25, 0.3) is 0 Å². The third-order valence-electron chi connectivity index (χ3n) is 5.07. The van der Waals surface area contributed by atoms with Crippen LogP contribution in [0.2, 0.25) is 5.02 Å². The first-order valence-corrected chi connectivity index (χ1v) is 9.37. The first kappa shape index (κ1) is 18.9. The zero-order valence-electron chi connectivity index (χ0n) is 14.9. The summed E-state index contributed by atoms with van der Waals surface area (Å²) in [4.78, 5) is 6.00. The molecule has 0 unspecified atom stereocenters. The predicted molar refractivity (Wildman–Crippen MR) is 102 cm³/mol. The SMILES string of the molecule is Oc1c(C=NNc2ncc(C(F)(F)F)cc2Cl)cc2c3c1CCCN3CCC2. The van der Waals surface area contributed by atoms with Gasteiger partial charge in [0, 0.05) is 36.1 Å². The molecule has 0 saturated carbocycles. The van der Waals surface area contributed by atoms with Gasteiger partial charge in [0.15, 0.2) is 5.82 Å². The summed E-state index contributed by atoms with van der Waals surface area (Å²) in [5.74, 6) is 0.207. The standard InChI is InChI=1S/C19H18ClF3N4O/c20-15-8-13(19(21,22)23)10-24-18(15)26-25-9-12-7-11-3-1-5-27-6-2-4-14(16(11)27)17(12)28/h7-10,28H,1-6H2,(H,24,26). The Labute approximate surface area is 164 Å². The predicted octanol–water partition coefficient (Wildman–Crippen LogP) is 4.60. The smallest absolute Gasteiger partial charge is 0.417 e. The molecule has 0 saturated heterocycles. The maximum Gasteiger partial charge on any atom is 0.417 e. The Bertz CT molecular complexity index is 944. The van der Waals surface area contributed by atoms with Crippen molar-refractivity contribution in [2.45, 2.75) is 31.9 Å². The van der Waals surface area contributed by atoms with Crippen molar-refractivity contribution < 1.29 is 18.3 Å². The lowest BCUT2D eigenvalue weighted by atomic mass is 9.89. The van der Waals surface area contributed by atoms with Crippen molar-refractivity contribution in [2.75, 3.05) is 23.4 Å². The number of phenols is 1. The first-order valence-electron chi connectivity index (χ1n) is 8.99. The van der Waals surface area contributed by atoms with Crippen molar-refractivity contribution in [3.63, 3.8) is 0 Å². The molecule has 0 radical (unpaired) electrons. The summed E-state index contributed by atoms with van der Waals surface area (Å²) < 4.78 is 38.0. The third-order valence-corrected chi connectivity index (χ3v) is 5.35. The van der Waals surface area contributed by atoms with Crippen LogP contribution in [0.1, 0.15) is 35.1 Å². The molecular formula is C19H18ClF3N4O. The Morgan fingerprint density at radius 1 is 1.21 bits per heavy atom. The molecule has 3 heterocycles. The summed E-state index contributed by atoms with van der Waals surface area (Å²) in [5.41, 5.74) is 5.45. The number of aryl methyl sites for hydroxylation is 1. The number of benzene rings is 1. The highest BCUT2D eigenvalue weighted by atomic mass is 35.5. The van der Waals surface area contributed by atoms with Gasteiger partial charge in [-0.3, -0.25) is 5.43 Å². The summed E-state index contributed by atoms with van der Waals surface area (Å²) in [5, 5.41) is 14.5. The minimum absolute atomic E-state index is 0.0101. The Morgan fingerprint density at radius 3 is 2.68 bits per heavy atom. The Kier molecular flexibility index (Phi) is 4.82. The largest absolute Gasteiger partial charge is 0.507 e. The number of hydrogen-bond acceptors (Lipinski definition) is 5. The number of pyridine rings is 1. The lowest BCUT2D eigenvalue weighted by Crippen LogP contribution is -2.34. The molecule has 1 aromatic carbocycles. The number of rotatable bonds is 3. The molecule has 2 aromatic rings. The maximum atomic E-state index is 12.7. The van der Waals surface area contributed by atoms with Crippen molar-refractivity contribution in [2.24, 2.45) is 5.10 Å². The van der Waals surface area contributed by atoms with Gasteiger partial charge in [-0.25, -0.2) is 4.98 Å². The van der Waals surface area contributed by atoms with E-state index in [-0.39, 0.29) is 16.6 Å². The van der Waals surface area contributed by atoms with Gasteiger partial charge in [0.25, 0.3) is 0 Å². The van der Waals surface area contributed by atoms with Crippen LogP contribution in [0.4, 0.5) is 24.7 Å². The molecule has 4 rings (SSSR count). The normalized spacial score (nSPS) is 16.4. The quantitative estimate of drug-likeness (QED) is 0.573. The summed E-state index contributed by atoms with van der Waals surface area (Å²) in [6, 6.07) is 2.71. The van der Waals surface area contributed by atoms with E-state index in [9.17, 15) is 18.3 Å². The van der Waals surface area contributed by atoms with Crippen LogP contribution in [-0.4, -0.2) is 29.4 Å². The molecule has 0 amide bonds. The van der Waals surface area contributed by atoms with Crippen molar-refractivity contribution in [3.05, 3.63) is 45.6 Å². The molecule has 0 aliphatic carbocycles. The lowest BCUT2D eigenvalue weighted by Gasteiger charge is -2.37. The zero-order valence-corrected chi connectivity index (χ0v) is 15.6. The monoisotopic (exact) mass is 410 g/mol. The van der Waals surface area contributed by atoms with E-state index in [0.717, 1.165) is 56.1 Å². The van der Waals surface area contributed by atoms with Gasteiger partial charge in [0.1, 0.15) is 5.75 Å². The molecule has 148 valence electrons. The van der Waals surface area contributed by atoms with Gasteiger partial charge in [-0.05, 0) is 43.4 Å². The van der Waals surface area contributed by atoms with Gasteiger partial charge in [-0.2, -0.15) is 18.3 Å². The number of aromatic nitrogens is 1. The van der Waals surface area contributed by atoms with Crippen LogP contribution in [0.3, 0.4) is 0 Å². The van der Waals surface area contributed by atoms with Crippen molar-refractivity contribution in [1.29, 1.82) is 0 Å². The van der Waals surface area contributed by atoms with Crippen LogP contribution < -0.4 is 10.3 Å². The summed E-state index contributed by atoms with van der Waals surface area (Å²) in [7, 11) is 0. The van der Waals surface area contributed by atoms with Crippen LogP contribution in [0, 0.1) is 0 Å². The van der Waals surface area contributed by atoms with Crippen LogP contribution in [-0.2, 0) is 19.0 Å². The minimum Gasteiger partial charge on any atom is -0.507 e. The highest BCUT2D eigenvalue weighted by Gasteiger charge is 2.31. The molecule has 28 heavy (non-hydrogen) atoms. The van der Waals surface area contributed by atoms with Gasteiger partial charge in [-0.15, -0.1) is 0 Å². The molecule has 2 aliphatic rings. The van der Waals surface area contributed by atoms with E-state index < -0.39 is 11.7 Å². The fourth-order valence-corrected chi connectivity index (χ4v) is 4.01. The number of alkyl halides is 3. The Balaban J connectivity index is 1.58. The minimum atomic E-state index is -4.51. The van der Waals surface area contributed by atoms with Crippen LogP contribution >= 0.6 is 11.6 Å². The van der Waals surface area contributed by atoms with Gasteiger partial charge >= 0.3 is 6.18 Å². The first-order chi connectivity index (χ1) is 13.3. The van der Waals surface area contributed by atoms with E-state index in [2.05, 4.69) is 20.4 Å². The molecule has 0 bridgehead atoms. The van der Waals surface area contributed by atoms with Gasteiger partial charge in [0.05, 0.1) is 16.8 Å². The molecule has 2 N–H and O–H groups in total. The number of nitrogens with one attached hydrogen (secondary N) is 1. The number of hydrazone groups is 1. The zero-order chi connectivity index (χ0) is 19.9. The number of hydrogen-bond donors (Lipinski definition) is 2. The molecule has 0 fully saturated rings. The van der Waals surface area contributed by atoms with Crippen LogP contribution in [0.15, 0.2) is 23.4 Å². The maximum absolute atomic E-state index is 12.7. The van der Waals surface area contributed by atoms with Gasteiger partial charge < -0.3 is 10.0 Å². The second kappa shape index (κ2) is 7.16. The highest BCUT2D eigenvalue weighted by Crippen LogP contribution is 2.41. The third kappa shape index (κ3) is 3.48.